The predicted octanol–water partition coefficient (Wildman–Crippen LogP) is 17.9. The lowest BCUT2D eigenvalue weighted by molar-refractivity contribution is 0.332. The Bertz CT molecular complexity index is 3610. The second kappa shape index (κ2) is 16.5. The average molecular weight is 988 g/mol. The summed E-state index contributed by atoms with van der Waals surface area (Å²) < 4.78 is 7.57. The summed E-state index contributed by atoms with van der Waals surface area (Å²) in [5, 5.41) is 1.15. The fourth-order valence-corrected chi connectivity index (χ4v) is 13.4. The van der Waals surface area contributed by atoms with Crippen molar-refractivity contribution in [2.24, 2.45) is 0 Å². The largest absolute Gasteiger partial charge is 0.468 e. The quantitative estimate of drug-likeness (QED) is 0.160. The van der Waals surface area contributed by atoms with Gasteiger partial charge in [-0.25, -0.2) is 0 Å². The summed E-state index contributed by atoms with van der Waals surface area (Å²) in [7, 11) is 0. The number of furan rings is 1. The summed E-state index contributed by atoms with van der Waals surface area (Å²) in [4.78, 5) is 7.77. The molecular weight excluding hydrogens is 910 g/mol. The molecule has 7 aromatic carbocycles. The van der Waals surface area contributed by atoms with E-state index in [1.807, 2.05) is 0 Å². The van der Waals surface area contributed by atoms with Crippen LogP contribution in [0.5, 0.6) is 0 Å². The molecule has 4 nitrogen and oxygen atoms in total. The normalized spacial score (nSPS) is 17.7. The first-order chi connectivity index (χ1) is 35.2. The molecule has 0 saturated carbocycles. The molecule has 0 spiro atoms. The van der Waals surface area contributed by atoms with E-state index in [2.05, 4.69) is 259 Å². The molecule has 0 fully saturated rings. The average Bonchev–Trinajstić information content (AvgIpc) is 3.79. The van der Waals surface area contributed by atoms with E-state index >= 15 is 0 Å². The van der Waals surface area contributed by atoms with E-state index in [0.717, 1.165) is 64.3 Å². The number of fused-ring (bicyclic) bond motifs is 8. The fourth-order valence-electron chi connectivity index (χ4n) is 13.4. The maximum atomic E-state index is 7.57. The van der Waals surface area contributed by atoms with E-state index in [0.29, 0.717) is 0 Å². The Morgan fingerprint density at radius 2 is 1.04 bits per heavy atom. The number of hydrogen-bond acceptors (Lipinski definition) is 4. The van der Waals surface area contributed by atoms with Crippen molar-refractivity contribution in [1.82, 2.24) is 0 Å². The summed E-state index contributed by atoms with van der Waals surface area (Å²) in [6, 6.07) is 52.2. The van der Waals surface area contributed by atoms with Crippen molar-refractivity contribution in [2.75, 3.05) is 14.7 Å². The zero-order valence-electron chi connectivity index (χ0n) is 47.9. The molecule has 75 heavy (non-hydrogen) atoms. The van der Waals surface area contributed by atoms with Crippen LogP contribution in [0.2, 0.25) is 0 Å². The van der Waals surface area contributed by atoms with Crippen LogP contribution in [-0.4, -0.2) is 6.71 Å². The summed E-state index contributed by atoms with van der Waals surface area (Å²) in [5.41, 5.74) is 25.9. The van der Waals surface area contributed by atoms with Crippen molar-refractivity contribution >= 4 is 85.5 Å². The van der Waals surface area contributed by atoms with E-state index in [1.165, 1.54) is 84.6 Å². The lowest BCUT2D eigenvalue weighted by Crippen LogP contribution is -2.61. The second-order valence-corrected chi connectivity index (χ2v) is 27.8. The highest BCUT2D eigenvalue weighted by atomic mass is 16.3. The molecule has 2 aliphatic heterocycles. The molecule has 1 aromatic heterocycles. The van der Waals surface area contributed by atoms with Gasteiger partial charge in [0.2, 0.25) is 0 Å². The van der Waals surface area contributed by atoms with Crippen molar-refractivity contribution in [2.45, 2.75) is 169 Å². The molecular formula is C70H78BN3O. The molecule has 2 aliphatic carbocycles. The molecule has 0 bridgehead atoms. The van der Waals surface area contributed by atoms with E-state index in [-0.39, 0.29) is 39.2 Å². The van der Waals surface area contributed by atoms with E-state index in [1.54, 1.807) is 0 Å². The first kappa shape index (κ1) is 49.4. The number of rotatable bonds is 5. The molecule has 4 aliphatic rings. The molecule has 382 valence electrons. The van der Waals surface area contributed by atoms with Crippen molar-refractivity contribution in [1.29, 1.82) is 0 Å². The van der Waals surface area contributed by atoms with Gasteiger partial charge in [0.05, 0.1) is 17.0 Å². The molecule has 8 aromatic rings. The third kappa shape index (κ3) is 7.83. The van der Waals surface area contributed by atoms with Gasteiger partial charge in [0.25, 0.3) is 6.71 Å². The second-order valence-electron chi connectivity index (χ2n) is 27.8. The number of nitrogens with zero attached hydrogens (tertiary/aromatic N) is 3. The molecule has 0 saturated heterocycles. The number of anilines is 9. The maximum Gasteiger partial charge on any atom is 0.297 e. The van der Waals surface area contributed by atoms with Gasteiger partial charge in [-0.2, -0.15) is 0 Å². The number of para-hydroxylation sites is 1. The molecule has 0 atom stereocenters. The monoisotopic (exact) mass is 988 g/mol. The van der Waals surface area contributed by atoms with Crippen molar-refractivity contribution in [3.05, 3.63) is 178 Å². The van der Waals surface area contributed by atoms with E-state index < -0.39 is 0 Å². The SMILES string of the molecule is Cc1ccc(N(c2cc3c4c(c2)N(c2ccc(C(C)(C)C)cc2)c2c(oc5ccc(C(C)(C)C)cc25)B4c2cc4c(cc2N3c2ccc3c(c2)C(C)(C)CCC3(C)C)C(C)(C)CCC4(C)C)c2ccccc2C)cc1. The fraction of sp³-hybridized carbons (Fsp3) is 0.371. The predicted molar refractivity (Wildman–Crippen MR) is 322 cm³/mol. The van der Waals surface area contributed by atoms with Gasteiger partial charge < -0.3 is 19.1 Å². The van der Waals surface area contributed by atoms with Gasteiger partial charge in [0.1, 0.15) is 5.58 Å². The smallest absolute Gasteiger partial charge is 0.297 e. The van der Waals surface area contributed by atoms with Gasteiger partial charge in [-0.3, -0.25) is 0 Å². The third-order valence-corrected chi connectivity index (χ3v) is 18.5. The minimum atomic E-state index is -0.189. The van der Waals surface area contributed by atoms with Gasteiger partial charge in [-0.05, 0) is 195 Å². The molecule has 12 rings (SSSR count). The standard InChI is InChI=1S/C70H78BN3O/c1-43-21-26-47(27-22-43)72(57-20-18-17-19-44(57)2)50-39-59-62-60(40-50)74(48-28-23-45(24-29-48)65(3,4)5)63-51-37-46(66(6,7)8)25-32-61(51)75-64(63)71(62)56-41-54-55(70(15,16)36-35-69(54,13)14)42-58(56)73(59)49-30-31-52-53(38-49)68(11,12)34-33-67(52,9)10/h17-32,37-42H,33-36H2,1-16H3. The van der Waals surface area contributed by atoms with Crippen LogP contribution in [0.1, 0.15) is 167 Å². The van der Waals surface area contributed by atoms with Crippen LogP contribution in [0.15, 0.2) is 138 Å². The third-order valence-electron chi connectivity index (χ3n) is 18.5. The van der Waals surface area contributed by atoms with Gasteiger partial charge in [-0.1, -0.05) is 163 Å². The topological polar surface area (TPSA) is 22.9 Å². The molecule has 0 unspecified atom stereocenters. The summed E-state index contributed by atoms with van der Waals surface area (Å²) in [5.74, 6) is 0. The lowest BCUT2D eigenvalue weighted by atomic mass is 9.35. The van der Waals surface area contributed by atoms with Gasteiger partial charge in [-0.15, -0.1) is 0 Å². The zero-order valence-corrected chi connectivity index (χ0v) is 47.9. The van der Waals surface area contributed by atoms with Crippen molar-refractivity contribution in [3.8, 4) is 0 Å². The summed E-state index contributed by atoms with van der Waals surface area (Å²) >= 11 is 0. The number of benzene rings is 7. The van der Waals surface area contributed by atoms with E-state index in [4.69, 9.17) is 4.42 Å². The van der Waals surface area contributed by atoms with Crippen LogP contribution >= 0.6 is 0 Å². The Balaban J connectivity index is 1.26. The highest BCUT2D eigenvalue weighted by Gasteiger charge is 2.50. The summed E-state index contributed by atoms with van der Waals surface area (Å²) in [6.45, 7) is 37.9. The lowest BCUT2D eigenvalue weighted by Gasteiger charge is -2.47. The Morgan fingerprint density at radius 3 is 1.65 bits per heavy atom. The first-order valence-corrected chi connectivity index (χ1v) is 28.0. The minimum absolute atomic E-state index is 0.00495. The molecule has 5 heteroatoms. The molecule has 0 radical (unpaired) electrons. The molecule has 0 N–H and O–H groups in total. The number of hydrogen-bond donors (Lipinski definition) is 0. The molecule has 3 heterocycles. The Hall–Kier alpha value is -6.46. The summed E-state index contributed by atoms with van der Waals surface area (Å²) in [6.07, 6.45) is 4.59. The van der Waals surface area contributed by atoms with Crippen LogP contribution in [0.3, 0.4) is 0 Å². The maximum absolute atomic E-state index is 7.57. The van der Waals surface area contributed by atoms with Crippen LogP contribution in [0, 0.1) is 13.8 Å². The first-order valence-electron chi connectivity index (χ1n) is 28.0. The van der Waals surface area contributed by atoms with Crippen LogP contribution in [0.25, 0.3) is 11.0 Å². The Kier molecular flexibility index (Phi) is 10.9. The van der Waals surface area contributed by atoms with Gasteiger partial charge in [0, 0.05) is 45.2 Å². The van der Waals surface area contributed by atoms with Gasteiger partial charge in [0.15, 0.2) is 0 Å². The zero-order chi connectivity index (χ0) is 53.1. The Morgan fingerprint density at radius 1 is 0.493 bits per heavy atom. The van der Waals surface area contributed by atoms with Crippen molar-refractivity contribution in [3.63, 3.8) is 0 Å². The highest BCUT2D eigenvalue weighted by Crippen LogP contribution is 2.55. The van der Waals surface area contributed by atoms with Crippen LogP contribution < -0.4 is 31.3 Å². The van der Waals surface area contributed by atoms with Crippen LogP contribution in [0.4, 0.5) is 51.2 Å². The van der Waals surface area contributed by atoms with Gasteiger partial charge >= 0.3 is 0 Å². The van der Waals surface area contributed by atoms with Crippen molar-refractivity contribution < 1.29 is 4.42 Å². The molecule has 0 amide bonds. The highest BCUT2D eigenvalue weighted by molar-refractivity contribution is 7.00. The van der Waals surface area contributed by atoms with Crippen LogP contribution in [-0.2, 0) is 32.5 Å². The van der Waals surface area contributed by atoms with E-state index in [9.17, 15) is 0 Å². The number of aryl methyl sites for hydroxylation is 2. The Labute approximate surface area is 449 Å². The minimum Gasteiger partial charge on any atom is -0.468 e.